The van der Waals surface area contributed by atoms with Gasteiger partial charge >= 0.3 is 0 Å². The van der Waals surface area contributed by atoms with E-state index in [0.29, 0.717) is 84.3 Å². The maximum Gasteiger partial charge on any atom is 0.261 e. The minimum Gasteiger partial charge on any atom is -0.365 e. The third-order valence-electron chi connectivity index (χ3n) is 18.0. The van der Waals surface area contributed by atoms with Crippen LogP contribution in [0.15, 0.2) is 153 Å². The van der Waals surface area contributed by atoms with Crippen LogP contribution in [0, 0.1) is 6.92 Å². The molecule has 0 bridgehead atoms. The minimum atomic E-state index is -3.80. The molecule has 25 nitrogen and oxygen atoms in total. The number of rotatable bonds is 17. The molecule has 5 aliphatic rings. The number of aromatic nitrogens is 7. The van der Waals surface area contributed by atoms with Gasteiger partial charge < -0.3 is 41.7 Å². The zero-order valence-corrected chi connectivity index (χ0v) is 54.8. The third-order valence-corrected chi connectivity index (χ3v) is 19.4. The van der Waals surface area contributed by atoms with Gasteiger partial charge in [-0.15, -0.1) is 0 Å². The number of sulfonamides is 1. The fraction of sp³-hybridized carbons (Fsp3) is 0.357. The van der Waals surface area contributed by atoms with Crippen molar-refractivity contribution in [1.82, 2.24) is 53.9 Å². The monoisotopic (exact) mass is 1320 g/mol. The lowest BCUT2D eigenvalue weighted by molar-refractivity contribution is -0.128. The van der Waals surface area contributed by atoms with E-state index in [9.17, 15) is 42.0 Å². The maximum absolute atomic E-state index is 12.8. The van der Waals surface area contributed by atoms with Gasteiger partial charge in [0, 0.05) is 118 Å². The second-order valence-corrected chi connectivity index (χ2v) is 26.3. The minimum absolute atomic E-state index is 0.00455. The molecule has 0 saturated carbocycles. The molecule has 9 heterocycles. The number of amides is 7. The summed E-state index contributed by atoms with van der Waals surface area (Å²) in [6.45, 7) is 19.7. The van der Waals surface area contributed by atoms with Gasteiger partial charge in [0.2, 0.25) is 17.7 Å². The van der Waals surface area contributed by atoms with Crippen LogP contribution >= 0.6 is 0 Å². The Balaban J connectivity index is 0.000000157. The van der Waals surface area contributed by atoms with E-state index < -0.39 is 27.7 Å². The first-order valence-corrected chi connectivity index (χ1v) is 33.9. The van der Waals surface area contributed by atoms with E-state index in [1.54, 1.807) is 126 Å². The Morgan fingerprint density at radius 1 is 0.500 bits per heavy atom. The Hall–Kier alpha value is -10.5. The fourth-order valence-corrected chi connectivity index (χ4v) is 13.8. The van der Waals surface area contributed by atoms with Crippen LogP contribution in [0.5, 0.6) is 0 Å². The quantitative estimate of drug-likeness (QED) is 0.0634. The van der Waals surface area contributed by atoms with Crippen molar-refractivity contribution >= 4 is 62.9 Å². The number of carbonyl (C=O) groups is 7. The molecule has 7 N–H and O–H groups in total. The summed E-state index contributed by atoms with van der Waals surface area (Å²) in [7, 11) is -3.80. The number of carbonyl (C=O) groups excluding carboxylic acids is 7. The van der Waals surface area contributed by atoms with E-state index in [0.717, 1.165) is 100 Å². The van der Waals surface area contributed by atoms with Crippen molar-refractivity contribution < 1.29 is 42.0 Å². The van der Waals surface area contributed by atoms with Crippen LogP contribution in [0.4, 0.5) is 11.5 Å². The lowest BCUT2D eigenvalue weighted by Crippen LogP contribution is -2.40. The normalized spacial score (nSPS) is 18.0. The van der Waals surface area contributed by atoms with Gasteiger partial charge in [-0.1, -0.05) is 61.7 Å². The van der Waals surface area contributed by atoms with Gasteiger partial charge in [-0.25, -0.2) is 13.4 Å². The van der Waals surface area contributed by atoms with Crippen molar-refractivity contribution in [3.8, 4) is 33.8 Å². The van der Waals surface area contributed by atoms with Crippen molar-refractivity contribution in [3.05, 3.63) is 175 Å². The molecule has 3 atom stereocenters. The summed E-state index contributed by atoms with van der Waals surface area (Å²) >= 11 is 0. The predicted molar refractivity (Wildman–Crippen MR) is 365 cm³/mol. The number of primary amides is 3. The number of anilines is 2. The standard InChI is InChI=1S/C25H27N5O4S.C23H27N5O3.C22H28N6O2/c1-3-23(31)29-13-5-8-20(15-29)30-16-22(25(26)32)24(27-30)18-6-4-7-19(14-18)28-35(33,34)21-11-9-17(2)10-12-21;1-2-20(29)27-13-5-6-18(14-27)28-15-19(22(24)30)21(25-28)16-7-9-17(10-8-16)23(31)26-11-3-4-12-26;1-2-20(29)27-12-6-7-17(14-27)28-15-18(22(23)30)21(25-28)16-8-9-19(24-13-16)26-10-4-3-5-11-26/h3-4,6-7,9-12,14,16,20,28H,1,5,8,13,15H2,2H3,(H2,26,32);2,7-10,15,18H,1,3-6,11-14H2,(H2,24,30);2,8-9,13,15,17H,1,3-7,10-12,14H2,(H2,23,30)/t20-;18-;17-/m111/s1. The lowest BCUT2D eigenvalue weighted by Gasteiger charge is -2.32. The van der Waals surface area contributed by atoms with Crippen molar-refractivity contribution in [3.63, 3.8) is 0 Å². The first-order valence-electron chi connectivity index (χ1n) is 32.4. The number of nitrogens with two attached hydrogens (primary N) is 3. The van der Waals surface area contributed by atoms with Crippen LogP contribution in [0.25, 0.3) is 33.8 Å². The summed E-state index contributed by atoms with van der Waals surface area (Å²) in [5.41, 5.74) is 23.1. The average molecular weight is 1320 g/mol. The largest absolute Gasteiger partial charge is 0.365 e. The number of hydrogen-bond acceptors (Lipinski definition) is 14. The highest BCUT2D eigenvalue weighted by molar-refractivity contribution is 7.92. The summed E-state index contributed by atoms with van der Waals surface area (Å²) in [5.74, 6) is -1.09. The summed E-state index contributed by atoms with van der Waals surface area (Å²) < 4.78 is 33.4. The van der Waals surface area contributed by atoms with Crippen LogP contribution in [0.2, 0.25) is 0 Å². The molecule has 4 aromatic heterocycles. The Labute approximate surface area is 558 Å². The summed E-state index contributed by atoms with van der Waals surface area (Å²) in [6.07, 6.45) is 21.4. The summed E-state index contributed by atoms with van der Waals surface area (Å²) in [5, 5.41) is 14.0. The van der Waals surface area contributed by atoms with E-state index >= 15 is 0 Å². The lowest BCUT2D eigenvalue weighted by atomic mass is 10.0. The molecule has 0 unspecified atom stereocenters. The number of benzene rings is 3. The number of pyridine rings is 1. The molecule has 96 heavy (non-hydrogen) atoms. The molecule has 7 amide bonds. The van der Waals surface area contributed by atoms with Crippen LogP contribution < -0.4 is 26.8 Å². The molecule has 502 valence electrons. The highest BCUT2D eigenvalue weighted by atomic mass is 32.2. The van der Waals surface area contributed by atoms with Crippen molar-refractivity contribution in [2.75, 3.05) is 75.1 Å². The second-order valence-electron chi connectivity index (χ2n) is 24.6. The van der Waals surface area contributed by atoms with E-state index in [2.05, 4.69) is 49.6 Å². The van der Waals surface area contributed by atoms with Gasteiger partial charge in [-0.05, 0) is 144 Å². The SMILES string of the molecule is C=CC(=O)N1CCC[C@@H](n2cc(C(N)=O)c(-c3ccc(C(=O)N4CCCC4)cc3)n2)C1.C=CC(=O)N1CCC[C@@H](n2cc(C(N)=O)c(-c3ccc(N4CCCCC4)nc3)n2)C1.C=CC(=O)N1CCC[C@@H](n2cc(C(N)=O)c(-c3cccc(NS(=O)(=O)c4ccc(C)cc4)c3)n2)C1. The highest BCUT2D eigenvalue weighted by Crippen LogP contribution is 2.33. The van der Waals surface area contributed by atoms with Crippen LogP contribution in [-0.4, -0.2) is 169 Å². The molecule has 3 aromatic carbocycles. The van der Waals surface area contributed by atoms with Crippen LogP contribution in [-0.2, 0) is 24.4 Å². The molecule has 0 spiro atoms. The Kier molecular flexibility index (Phi) is 21.9. The molecule has 0 radical (unpaired) electrons. The average Bonchev–Trinajstić information content (AvgIpc) is 1.66. The van der Waals surface area contributed by atoms with Gasteiger partial charge in [-0.3, -0.25) is 52.3 Å². The van der Waals surface area contributed by atoms with Gasteiger partial charge in [0.1, 0.15) is 22.9 Å². The Morgan fingerprint density at radius 2 is 0.927 bits per heavy atom. The van der Waals surface area contributed by atoms with Gasteiger partial charge in [0.15, 0.2) is 0 Å². The van der Waals surface area contributed by atoms with Crippen molar-refractivity contribution in [1.29, 1.82) is 0 Å². The summed E-state index contributed by atoms with van der Waals surface area (Å²) in [6, 6.07) is 24.1. The van der Waals surface area contributed by atoms with E-state index in [-0.39, 0.29) is 52.2 Å². The number of nitrogens with one attached hydrogen (secondary N) is 1. The molecule has 7 aromatic rings. The van der Waals surface area contributed by atoms with Crippen molar-refractivity contribution in [2.24, 2.45) is 17.2 Å². The topological polar surface area (TPSA) is 326 Å². The first-order chi connectivity index (χ1) is 46.2. The van der Waals surface area contributed by atoms with Gasteiger partial charge in [0.25, 0.3) is 33.7 Å². The Bertz CT molecular complexity index is 4150. The van der Waals surface area contributed by atoms with Gasteiger partial charge in [-0.2, -0.15) is 15.3 Å². The number of likely N-dealkylation sites (tertiary alicyclic amines) is 4. The third kappa shape index (κ3) is 16.2. The molecule has 0 aliphatic carbocycles. The molecule has 12 rings (SSSR count). The zero-order valence-electron chi connectivity index (χ0n) is 54.0. The number of nitrogens with zero attached hydrogens (tertiary/aromatic N) is 12. The molecule has 26 heteroatoms. The number of piperidine rings is 4. The smallest absolute Gasteiger partial charge is 0.261 e. The molecule has 5 saturated heterocycles. The molecule has 5 fully saturated rings. The predicted octanol–water partition coefficient (Wildman–Crippen LogP) is 7.73. The molecular formula is C70H82N16O9S. The van der Waals surface area contributed by atoms with E-state index in [1.165, 1.54) is 37.5 Å². The fourth-order valence-electron chi connectivity index (χ4n) is 12.8. The van der Waals surface area contributed by atoms with Crippen LogP contribution in [0.3, 0.4) is 0 Å². The van der Waals surface area contributed by atoms with Gasteiger partial charge in [0.05, 0.1) is 39.7 Å². The Morgan fingerprint density at radius 3 is 1.36 bits per heavy atom. The highest BCUT2D eigenvalue weighted by Gasteiger charge is 2.31. The van der Waals surface area contributed by atoms with E-state index in [4.69, 9.17) is 17.2 Å². The zero-order chi connectivity index (χ0) is 68.2. The van der Waals surface area contributed by atoms with Crippen LogP contribution in [0.1, 0.15) is 136 Å². The number of aryl methyl sites for hydroxylation is 1. The molecular weight excluding hydrogens is 1240 g/mol. The maximum atomic E-state index is 12.8. The number of hydrogen-bond donors (Lipinski definition) is 4. The molecule has 5 aliphatic heterocycles. The van der Waals surface area contributed by atoms with Crippen molar-refractivity contribution in [2.45, 2.75) is 101 Å². The second kappa shape index (κ2) is 30.7. The van der Waals surface area contributed by atoms with E-state index in [1.807, 2.05) is 24.0 Å². The first kappa shape index (κ1) is 68.4. The summed E-state index contributed by atoms with van der Waals surface area (Å²) in [4.78, 5) is 99.1.